The standard InChI is InChI=1S/C12H21NO2/c1-12(2,3)6-7-13-8-10-4-5-11(9-14)15-10/h4-5,13-14H,6-9H2,1-3H3. The summed E-state index contributed by atoms with van der Waals surface area (Å²) >= 11 is 0. The molecule has 86 valence electrons. The van der Waals surface area contributed by atoms with Crippen molar-refractivity contribution >= 4 is 0 Å². The molecule has 2 N–H and O–H groups in total. The van der Waals surface area contributed by atoms with Crippen molar-refractivity contribution in [2.24, 2.45) is 5.41 Å². The molecule has 0 saturated carbocycles. The minimum absolute atomic E-state index is 0.0258. The highest BCUT2D eigenvalue weighted by Crippen LogP contribution is 2.17. The van der Waals surface area contributed by atoms with E-state index in [1.54, 1.807) is 6.07 Å². The molecule has 0 bridgehead atoms. The number of nitrogens with one attached hydrogen (secondary N) is 1. The molecule has 0 fully saturated rings. The maximum Gasteiger partial charge on any atom is 0.129 e. The zero-order valence-electron chi connectivity index (χ0n) is 9.84. The molecular weight excluding hydrogens is 190 g/mol. The van der Waals surface area contributed by atoms with Gasteiger partial charge in [0.15, 0.2) is 0 Å². The summed E-state index contributed by atoms with van der Waals surface area (Å²) in [7, 11) is 0. The Bertz CT molecular complexity index is 286. The molecule has 3 nitrogen and oxygen atoms in total. The molecule has 15 heavy (non-hydrogen) atoms. The molecular formula is C12H21NO2. The van der Waals surface area contributed by atoms with Gasteiger partial charge in [0, 0.05) is 0 Å². The van der Waals surface area contributed by atoms with Gasteiger partial charge >= 0.3 is 0 Å². The van der Waals surface area contributed by atoms with Gasteiger partial charge < -0.3 is 14.8 Å². The predicted octanol–water partition coefficient (Wildman–Crippen LogP) is 2.30. The van der Waals surface area contributed by atoms with Crippen molar-refractivity contribution in [3.8, 4) is 0 Å². The van der Waals surface area contributed by atoms with Crippen LogP contribution in [0, 0.1) is 5.41 Å². The van der Waals surface area contributed by atoms with Gasteiger partial charge in [-0.1, -0.05) is 20.8 Å². The first-order valence-corrected chi connectivity index (χ1v) is 5.40. The second-order valence-electron chi connectivity index (χ2n) is 5.01. The van der Waals surface area contributed by atoms with E-state index in [4.69, 9.17) is 9.52 Å². The van der Waals surface area contributed by atoms with Crippen LogP contribution in [0.2, 0.25) is 0 Å². The van der Waals surface area contributed by atoms with E-state index in [-0.39, 0.29) is 6.61 Å². The van der Waals surface area contributed by atoms with Crippen LogP contribution in [0.25, 0.3) is 0 Å². The van der Waals surface area contributed by atoms with Crippen molar-refractivity contribution in [3.63, 3.8) is 0 Å². The van der Waals surface area contributed by atoms with Gasteiger partial charge in [-0.25, -0.2) is 0 Å². The molecule has 0 aliphatic rings. The van der Waals surface area contributed by atoms with Gasteiger partial charge in [0.25, 0.3) is 0 Å². The number of aliphatic hydroxyl groups is 1. The molecule has 0 aliphatic heterocycles. The zero-order valence-corrected chi connectivity index (χ0v) is 9.84. The first-order chi connectivity index (χ1) is 7.01. The predicted molar refractivity (Wildman–Crippen MR) is 60.4 cm³/mol. The molecule has 0 aromatic carbocycles. The van der Waals surface area contributed by atoms with Crippen LogP contribution < -0.4 is 5.32 Å². The summed E-state index contributed by atoms with van der Waals surface area (Å²) < 4.78 is 5.35. The number of hydrogen-bond donors (Lipinski definition) is 2. The van der Waals surface area contributed by atoms with E-state index in [1.165, 1.54) is 0 Å². The first-order valence-electron chi connectivity index (χ1n) is 5.40. The Balaban J connectivity index is 2.20. The van der Waals surface area contributed by atoms with Crippen LogP contribution in [0.5, 0.6) is 0 Å². The summed E-state index contributed by atoms with van der Waals surface area (Å²) in [5, 5.41) is 12.1. The molecule has 0 radical (unpaired) electrons. The van der Waals surface area contributed by atoms with E-state index >= 15 is 0 Å². The van der Waals surface area contributed by atoms with E-state index in [0.29, 0.717) is 11.2 Å². The van der Waals surface area contributed by atoms with Crippen LogP contribution >= 0.6 is 0 Å². The van der Waals surface area contributed by atoms with Gasteiger partial charge in [0.1, 0.15) is 18.1 Å². The Morgan fingerprint density at radius 1 is 1.27 bits per heavy atom. The maximum atomic E-state index is 8.82. The fourth-order valence-corrected chi connectivity index (χ4v) is 1.28. The molecule has 1 rings (SSSR count). The molecule has 1 aromatic rings. The van der Waals surface area contributed by atoms with Crippen LogP contribution in [0.15, 0.2) is 16.5 Å². The van der Waals surface area contributed by atoms with Crippen molar-refractivity contribution in [1.29, 1.82) is 0 Å². The lowest BCUT2D eigenvalue weighted by molar-refractivity contribution is 0.242. The quantitative estimate of drug-likeness (QED) is 0.735. The second kappa shape index (κ2) is 5.33. The Morgan fingerprint density at radius 3 is 2.47 bits per heavy atom. The maximum absolute atomic E-state index is 8.82. The van der Waals surface area contributed by atoms with E-state index in [9.17, 15) is 0 Å². The second-order valence-corrected chi connectivity index (χ2v) is 5.01. The SMILES string of the molecule is CC(C)(C)CCNCc1ccc(CO)o1. The molecule has 1 heterocycles. The van der Waals surface area contributed by atoms with Crippen molar-refractivity contribution in [3.05, 3.63) is 23.7 Å². The zero-order chi connectivity index (χ0) is 11.3. The average Bonchev–Trinajstić information content (AvgIpc) is 2.59. The number of aliphatic hydroxyl groups excluding tert-OH is 1. The van der Waals surface area contributed by atoms with Crippen LogP contribution in [0.3, 0.4) is 0 Å². The first kappa shape index (κ1) is 12.3. The monoisotopic (exact) mass is 211 g/mol. The highest BCUT2D eigenvalue weighted by Gasteiger charge is 2.09. The van der Waals surface area contributed by atoms with Gasteiger partial charge in [-0.05, 0) is 30.5 Å². The van der Waals surface area contributed by atoms with Crippen molar-refractivity contribution < 1.29 is 9.52 Å². The Hall–Kier alpha value is -0.800. The minimum Gasteiger partial charge on any atom is -0.462 e. The lowest BCUT2D eigenvalue weighted by Crippen LogP contribution is -2.19. The molecule has 0 atom stereocenters. The summed E-state index contributed by atoms with van der Waals surface area (Å²) in [6.45, 7) is 8.37. The van der Waals surface area contributed by atoms with Crippen LogP contribution in [-0.2, 0) is 13.2 Å². The smallest absolute Gasteiger partial charge is 0.129 e. The van der Waals surface area contributed by atoms with E-state index in [2.05, 4.69) is 26.1 Å². The number of furan rings is 1. The largest absolute Gasteiger partial charge is 0.462 e. The van der Waals surface area contributed by atoms with Gasteiger partial charge in [-0.15, -0.1) is 0 Å². The summed E-state index contributed by atoms with van der Waals surface area (Å²) in [4.78, 5) is 0. The molecule has 3 heteroatoms. The molecule has 1 aromatic heterocycles. The molecule has 0 saturated heterocycles. The average molecular weight is 211 g/mol. The molecule has 0 spiro atoms. The van der Waals surface area contributed by atoms with Gasteiger partial charge in [-0.2, -0.15) is 0 Å². The lowest BCUT2D eigenvalue weighted by Gasteiger charge is -2.17. The number of hydrogen-bond acceptors (Lipinski definition) is 3. The third-order valence-corrected chi connectivity index (χ3v) is 2.22. The van der Waals surface area contributed by atoms with E-state index < -0.39 is 0 Å². The van der Waals surface area contributed by atoms with E-state index in [1.807, 2.05) is 6.07 Å². The van der Waals surface area contributed by atoms with Crippen LogP contribution in [-0.4, -0.2) is 11.7 Å². The Morgan fingerprint density at radius 2 is 1.93 bits per heavy atom. The van der Waals surface area contributed by atoms with Gasteiger partial charge in [0.2, 0.25) is 0 Å². The third-order valence-electron chi connectivity index (χ3n) is 2.22. The Labute approximate surface area is 91.5 Å². The van der Waals surface area contributed by atoms with Crippen molar-refractivity contribution in [2.45, 2.75) is 40.3 Å². The summed E-state index contributed by atoms with van der Waals surface area (Å²) in [5.41, 5.74) is 0.367. The molecule has 0 unspecified atom stereocenters. The summed E-state index contributed by atoms with van der Waals surface area (Å²) in [6.07, 6.45) is 1.14. The van der Waals surface area contributed by atoms with Crippen LogP contribution in [0.4, 0.5) is 0 Å². The molecule has 0 aliphatic carbocycles. The van der Waals surface area contributed by atoms with Gasteiger partial charge in [-0.3, -0.25) is 0 Å². The fourth-order valence-electron chi connectivity index (χ4n) is 1.28. The molecule has 0 amide bonds. The summed E-state index contributed by atoms with van der Waals surface area (Å²) in [5.74, 6) is 1.51. The third kappa shape index (κ3) is 5.00. The topological polar surface area (TPSA) is 45.4 Å². The van der Waals surface area contributed by atoms with Crippen molar-refractivity contribution in [2.75, 3.05) is 6.54 Å². The van der Waals surface area contributed by atoms with E-state index in [0.717, 1.165) is 25.3 Å². The summed E-state index contributed by atoms with van der Waals surface area (Å²) in [6, 6.07) is 3.70. The van der Waals surface area contributed by atoms with Gasteiger partial charge in [0.05, 0.1) is 6.54 Å². The van der Waals surface area contributed by atoms with Crippen molar-refractivity contribution in [1.82, 2.24) is 5.32 Å². The highest BCUT2D eigenvalue weighted by atomic mass is 16.4. The minimum atomic E-state index is -0.0258. The number of rotatable bonds is 5. The highest BCUT2D eigenvalue weighted by molar-refractivity contribution is 5.05. The van der Waals surface area contributed by atoms with Crippen LogP contribution in [0.1, 0.15) is 38.7 Å². The lowest BCUT2D eigenvalue weighted by atomic mass is 9.92. The fraction of sp³-hybridized carbons (Fsp3) is 0.667. The normalized spacial score (nSPS) is 12.0. The Kier molecular flexibility index (Phi) is 4.36.